The van der Waals surface area contributed by atoms with Crippen molar-refractivity contribution in [3.63, 3.8) is 0 Å². The summed E-state index contributed by atoms with van der Waals surface area (Å²) >= 11 is 0. The van der Waals surface area contributed by atoms with Crippen molar-refractivity contribution in [1.82, 2.24) is 10.2 Å². The highest BCUT2D eigenvalue weighted by Crippen LogP contribution is 2.24. The Kier molecular flexibility index (Phi) is 4.10. The summed E-state index contributed by atoms with van der Waals surface area (Å²) in [7, 11) is -2.74. The SMILES string of the molecule is CCNC1CCN(C2CCS(=O)(=O)C2)CC1C. The molecule has 17 heavy (non-hydrogen) atoms. The van der Waals surface area contributed by atoms with Crippen LogP contribution in [-0.4, -0.2) is 56.5 Å². The summed E-state index contributed by atoms with van der Waals surface area (Å²) in [4.78, 5) is 2.39. The van der Waals surface area contributed by atoms with Gasteiger partial charge < -0.3 is 5.32 Å². The highest BCUT2D eigenvalue weighted by Gasteiger charge is 2.35. The first-order valence-corrected chi connectivity index (χ1v) is 8.52. The van der Waals surface area contributed by atoms with Gasteiger partial charge in [-0.25, -0.2) is 8.42 Å². The van der Waals surface area contributed by atoms with Crippen molar-refractivity contribution < 1.29 is 8.42 Å². The molecular formula is C12H24N2O2S. The molecule has 0 radical (unpaired) electrons. The van der Waals surface area contributed by atoms with Crippen LogP contribution in [0.1, 0.15) is 26.7 Å². The number of hydrogen-bond acceptors (Lipinski definition) is 4. The van der Waals surface area contributed by atoms with Crippen LogP contribution in [0.4, 0.5) is 0 Å². The summed E-state index contributed by atoms with van der Waals surface area (Å²) < 4.78 is 23.0. The molecule has 1 N–H and O–H groups in total. The highest BCUT2D eigenvalue weighted by molar-refractivity contribution is 7.91. The van der Waals surface area contributed by atoms with Crippen LogP contribution in [0.25, 0.3) is 0 Å². The Balaban J connectivity index is 1.89. The van der Waals surface area contributed by atoms with Gasteiger partial charge in [0.2, 0.25) is 0 Å². The summed E-state index contributed by atoms with van der Waals surface area (Å²) in [5.74, 6) is 1.39. The van der Waals surface area contributed by atoms with E-state index in [1.807, 2.05) is 0 Å². The summed E-state index contributed by atoms with van der Waals surface area (Å²) in [5.41, 5.74) is 0. The second kappa shape index (κ2) is 5.24. The van der Waals surface area contributed by atoms with Crippen molar-refractivity contribution >= 4 is 9.84 Å². The standard InChI is InChI=1S/C12H24N2O2S/c1-3-13-12-4-6-14(8-10(12)2)11-5-7-17(15,16)9-11/h10-13H,3-9H2,1-2H3. The predicted molar refractivity (Wildman–Crippen MR) is 69.9 cm³/mol. The van der Waals surface area contributed by atoms with Crippen molar-refractivity contribution in [2.45, 2.75) is 38.8 Å². The number of likely N-dealkylation sites (tertiary alicyclic amines) is 1. The Morgan fingerprint density at radius 1 is 1.35 bits per heavy atom. The van der Waals surface area contributed by atoms with E-state index in [0.29, 0.717) is 23.5 Å². The van der Waals surface area contributed by atoms with E-state index in [0.717, 1.165) is 32.5 Å². The van der Waals surface area contributed by atoms with E-state index < -0.39 is 9.84 Å². The van der Waals surface area contributed by atoms with Crippen LogP contribution < -0.4 is 5.32 Å². The number of nitrogens with one attached hydrogen (secondary N) is 1. The summed E-state index contributed by atoms with van der Waals surface area (Å²) in [5, 5.41) is 3.52. The van der Waals surface area contributed by atoms with Gasteiger partial charge in [0.05, 0.1) is 11.5 Å². The van der Waals surface area contributed by atoms with Gasteiger partial charge in [0.25, 0.3) is 0 Å². The van der Waals surface area contributed by atoms with Gasteiger partial charge in [0.15, 0.2) is 9.84 Å². The topological polar surface area (TPSA) is 49.4 Å². The van der Waals surface area contributed by atoms with Crippen LogP contribution in [0.3, 0.4) is 0 Å². The van der Waals surface area contributed by atoms with Gasteiger partial charge in [-0.15, -0.1) is 0 Å². The van der Waals surface area contributed by atoms with E-state index in [1.54, 1.807) is 0 Å². The molecule has 100 valence electrons. The van der Waals surface area contributed by atoms with E-state index in [-0.39, 0.29) is 6.04 Å². The smallest absolute Gasteiger partial charge is 0.151 e. The van der Waals surface area contributed by atoms with Gasteiger partial charge >= 0.3 is 0 Å². The fourth-order valence-electron chi connectivity index (χ4n) is 3.14. The molecule has 2 saturated heterocycles. The lowest BCUT2D eigenvalue weighted by Crippen LogP contribution is -2.51. The third-order valence-corrected chi connectivity index (χ3v) is 5.88. The Hall–Kier alpha value is -0.130. The molecule has 0 bridgehead atoms. The minimum Gasteiger partial charge on any atom is -0.314 e. The zero-order chi connectivity index (χ0) is 12.5. The molecule has 4 nitrogen and oxygen atoms in total. The Labute approximate surface area is 105 Å². The Bertz CT molecular complexity index is 356. The zero-order valence-electron chi connectivity index (χ0n) is 10.9. The molecule has 3 atom stereocenters. The van der Waals surface area contributed by atoms with Crippen LogP contribution in [0.5, 0.6) is 0 Å². The van der Waals surface area contributed by atoms with E-state index in [2.05, 4.69) is 24.1 Å². The Morgan fingerprint density at radius 3 is 2.65 bits per heavy atom. The number of hydrogen-bond donors (Lipinski definition) is 1. The number of rotatable bonds is 3. The molecule has 0 saturated carbocycles. The minimum absolute atomic E-state index is 0.282. The van der Waals surface area contributed by atoms with Crippen molar-refractivity contribution in [3.05, 3.63) is 0 Å². The first-order valence-electron chi connectivity index (χ1n) is 6.69. The monoisotopic (exact) mass is 260 g/mol. The minimum atomic E-state index is -2.74. The zero-order valence-corrected chi connectivity index (χ0v) is 11.7. The largest absolute Gasteiger partial charge is 0.314 e. The lowest BCUT2D eigenvalue weighted by molar-refractivity contribution is 0.114. The fraction of sp³-hybridized carbons (Fsp3) is 1.00. The van der Waals surface area contributed by atoms with E-state index in [1.165, 1.54) is 0 Å². The third kappa shape index (κ3) is 3.20. The van der Waals surface area contributed by atoms with Crippen molar-refractivity contribution in [2.75, 3.05) is 31.1 Å². The van der Waals surface area contributed by atoms with Gasteiger partial charge in [-0.2, -0.15) is 0 Å². The van der Waals surface area contributed by atoms with Gasteiger partial charge in [-0.1, -0.05) is 13.8 Å². The fourth-order valence-corrected chi connectivity index (χ4v) is 4.90. The molecule has 0 amide bonds. The van der Waals surface area contributed by atoms with Gasteiger partial charge in [0, 0.05) is 18.6 Å². The van der Waals surface area contributed by atoms with Crippen LogP contribution >= 0.6 is 0 Å². The maximum absolute atomic E-state index is 11.5. The van der Waals surface area contributed by atoms with Gasteiger partial charge in [-0.05, 0) is 31.8 Å². The molecule has 0 aromatic rings. The second-order valence-corrected chi connectivity index (χ2v) is 7.71. The van der Waals surface area contributed by atoms with Gasteiger partial charge in [0.1, 0.15) is 0 Å². The first kappa shape index (κ1) is 13.3. The van der Waals surface area contributed by atoms with E-state index in [4.69, 9.17) is 0 Å². The highest BCUT2D eigenvalue weighted by atomic mass is 32.2. The van der Waals surface area contributed by atoms with Crippen LogP contribution in [-0.2, 0) is 9.84 Å². The van der Waals surface area contributed by atoms with Gasteiger partial charge in [-0.3, -0.25) is 4.90 Å². The predicted octanol–water partition coefficient (Wildman–Crippen LogP) is 0.493. The molecule has 0 aromatic heterocycles. The maximum atomic E-state index is 11.5. The first-order chi connectivity index (χ1) is 8.02. The molecule has 2 aliphatic heterocycles. The Morgan fingerprint density at radius 2 is 2.12 bits per heavy atom. The van der Waals surface area contributed by atoms with Crippen LogP contribution in [0.2, 0.25) is 0 Å². The lowest BCUT2D eigenvalue weighted by atomic mass is 9.92. The molecule has 5 heteroatoms. The quantitative estimate of drug-likeness (QED) is 0.802. The number of sulfone groups is 1. The molecule has 3 unspecified atom stereocenters. The molecule has 0 spiro atoms. The van der Waals surface area contributed by atoms with Crippen molar-refractivity contribution in [2.24, 2.45) is 5.92 Å². The molecule has 2 heterocycles. The normalized spacial score (nSPS) is 38.4. The third-order valence-electron chi connectivity index (χ3n) is 4.13. The molecule has 2 rings (SSSR count). The summed E-state index contributed by atoms with van der Waals surface area (Å²) in [6, 6.07) is 0.888. The molecule has 0 aliphatic carbocycles. The lowest BCUT2D eigenvalue weighted by Gasteiger charge is -2.40. The van der Waals surface area contributed by atoms with Crippen molar-refractivity contribution in [3.8, 4) is 0 Å². The van der Waals surface area contributed by atoms with E-state index >= 15 is 0 Å². The number of piperidine rings is 1. The van der Waals surface area contributed by atoms with E-state index in [9.17, 15) is 8.42 Å². The van der Waals surface area contributed by atoms with Crippen LogP contribution in [0, 0.1) is 5.92 Å². The van der Waals surface area contributed by atoms with Crippen molar-refractivity contribution in [1.29, 1.82) is 0 Å². The molecule has 2 aliphatic rings. The maximum Gasteiger partial charge on any atom is 0.151 e. The van der Waals surface area contributed by atoms with Crippen LogP contribution in [0.15, 0.2) is 0 Å². The summed E-state index contributed by atoms with van der Waals surface area (Å²) in [6.07, 6.45) is 1.98. The average Bonchev–Trinajstić information content (AvgIpc) is 2.62. The molecule has 0 aromatic carbocycles. The summed E-state index contributed by atoms with van der Waals surface area (Å²) in [6.45, 7) is 7.51. The second-order valence-electron chi connectivity index (χ2n) is 5.48. The number of nitrogens with zero attached hydrogens (tertiary/aromatic N) is 1. The molecular weight excluding hydrogens is 236 g/mol. The average molecular weight is 260 g/mol. The molecule has 2 fully saturated rings.